The Morgan fingerprint density at radius 2 is 1.73 bits per heavy atom. The third kappa shape index (κ3) is 3.57. The molecule has 0 spiro atoms. The Morgan fingerprint density at radius 1 is 1.09 bits per heavy atom. The minimum atomic E-state index is 0.0536. The molecule has 0 aromatic rings. The van der Waals surface area contributed by atoms with Crippen molar-refractivity contribution in [1.82, 2.24) is 4.90 Å². The van der Waals surface area contributed by atoms with Crippen LogP contribution in [0.3, 0.4) is 0 Å². The van der Waals surface area contributed by atoms with Crippen LogP contribution in [-0.4, -0.2) is 41.4 Å². The zero-order valence-electron chi connectivity index (χ0n) is 12.6. The first-order chi connectivity index (χ1) is 10.7. The highest BCUT2D eigenvalue weighted by Crippen LogP contribution is 2.38. The molecule has 0 aliphatic heterocycles. The summed E-state index contributed by atoms with van der Waals surface area (Å²) in [5.74, 6) is 0.483. The number of hydrogen-bond acceptors (Lipinski definition) is 5. The van der Waals surface area contributed by atoms with Gasteiger partial charge in [0.1, 0.15) is 17.7 Å². The predicted molar refractivity (Wildman–Crippen MR) is 82.1 cm³/mol. The maximum atomic E-state index is 9.16. The number of aliphatic hydroxyl groups excluding tert-OH is 2. The second kappa shape index (κ2) is 7.79. The molecule has 0 aromatic heterocycles. The first kappa shape index (κ1) is 16.3. The van der Waals surface area contributed by atoms with Gasteiger partial charge in [-0.25, -0.2) is 0 Å². The number of hydrogen-bond donors (Lipinski definition) is 2. The van der Waals surface area contributed by atoms with Crippen molar-refractivity contribution >= 4 is 0 Å². The number of allylic oxidation sites excluding steroid dienone is 6. The van der Waals surface area contributed by atoms with E-state index in [1.807, 2.05) is 23.1 Å². The Balaban J connectivity index is 2.30. The van der Waals surface area contributed by atoms with Crippen LogP contribution in [-0.2, 0) is 0 Å². The lowest BCUT2D eigenvalue weighted by Crippen LogP contribution is -2.31. The van der Waals surface area contributed by atoms with E-state index in [0.717, 1.165) is 42.5 Å². The molecule has 1 unspecified atom stereocenters. The molecule has 2 N–H and O–H groups in total. The lowest BCUT2D eigenvalue weighted by Gasteiger charge is -2.34. The van der Waals surface area contributed by atoms with Crippen LogP contribution in [0.5, 0.6) is 0 Å². The van der Waals surface area contributed by atoms with Gasteiger partial charge in [-0.3, -0.25) is 0 Å². The number of fused-ring (bicyclic) bond motifs is 1. The predicted octanol–water partition coefficient (Wildman–Crippen LogP) is 1.63. The third-order valence-corrected chi connectivity index (χ3v) is 4.35. The molecular weight excluding hydrogens is 278 g/mol. The maximum Gasteiger partial charge on any atom is 0.132 e. The van der Waals surface area contributed by atoms with Gasteiger partial charge in [0, 0.05) is 18.8 Å². The van der Waals surface area contributed by atoms with E-state index in [4.69, 9.17) is 20.7 Å². The molecule has 0 bridgehead atoms. The van der Waals surface area contributed by atoms with Gasteiger partial charge in [-0.1, -0.05) is 6.08 Å². The highest BCUT2D eigenvalue weighted by atomic mass is 16.3. The molecular formula is C17H21N3O2. The van der Waals surface area contributed by atoms with Crippen molar-refractivity contribution < 1.29 is 10.2 Å². The first-order valence-electron chi connectivity index (χ1n) is 7.65. The average molecular weight is 299 g/mol. The van der Waals surface area contributed by atoms with E-state index in [1.165, 1.54) is 0 Å². The Labute approximate surface area is 131 Å². The highest BCUT2D eigenvalue weighted by molar-refractivity contribution is 5.49. The molecule has 0 heterocycles. The lowest BCUT2D eigenvalue weighted by molar-refractivity contribution is 0.182. The van der Waals surface area contributed by atoms with Crippen molar-refractivity contribution in [3.8, 4) is 12.1 Å². The summed E-state index contributed by atoms with van der Waals surface area (Å²) < 4.78 is 0. The zero-order chi connectivity index (χ0) is 15.9. The van der Waals surface area contributed by atoms with Gasteiger partial charge in [-0.15, -0.1) is 0 Å². The van der Waals surface area contributed by atoms with Crippen molar-refractivity contribution in [3.63, 3.8) is 0 Å². The van der Waals surface area contributed by atoms with Crippen molar-refractivity contribution in [2.75, 3.05) is 26.3 Å². The molecule has 5 heteroatoms. The van der Waals surface area contributed by atoms with E-state index in [2.05, 4.69) is 6.08 Å². The molecule has 0 saturated heterocycles. The summed E-state index contributed by atoms with van der Waals surface area (Å²) in [6.45, 7) is 1.12. The SMILES string of the molecule is N#CC(C#N)=C1C=C2C=C(N(CCO)CCO)CCC2CC1. The van der Waals surface area contributed by atoms with Crippen LogP contribution in [0.4, 0.5) is 0 Å². The summed E-state index contributed by atoms with van der Waals surface area (Å²) in [7, 11) is 0. The normalized spacial score (nSPS) is 20.2. The Kier molecular flexibility index (Phi) is 5.77. The van der Waals surface area contributed by atoms with Crippen LogP contribution in [0.2, 0.25) is 0 Å². The molecule has 0 amide bonds. The van der Waals surface area contributed by atoms with Gasteiger partial charge >= 0.3 is 0 Å². The number of aliphatic hydroxyl groups is 2. The standard InChI is InChI=1S/C17H21N3O2/c18-11-16(12-19)14-2-1-13-3-4-17(10-15(13)9-14)20(5-7-21)6-8-22/h9-10,13,21-22H,1-8H2. The minimum Gasteiger partial charge on any atom is -0.395 e. The van der Waals surface area contributed by atoms with E-state index >= 15 is 0 Å². The molecule has 116 valence electrons. The summed E-state index contributed by atoms with van der Waals surface area (Å²) in [4.78, 5) is 2.00. The van der Waals surface area contributed by atoms with Crippen molar-refractivity contribution in [3.05, 3.63) is 34.6 Å². The molecule has 2 aliphatic carbocycles. The zero-order valence-corrected chi connectivity index (χ0v) is 12.6. The van der Waals surface area contributed by atoms with Crippen molar-refractivity contribution in [1.29, 1.82) is 10.5 Å². The molecule has 2 aliphatic rings. The number of nitrogens with zero attached hydrogens (tertiary/aromatic N) is 3. The van der Waals surface area contributed by atoms with Crippen LogP contribution in [0.15, 0.2) is 34.6 Å². The fourth-order valence-corrected chi connectivity index (χ4v) is 3.20. The molecule has 0 saturated carbocycles. The van der Waals surface area contributed by atoms with Gasteiger partial charge in [0.2, 0.25) is 0 Å². The van der Waals surface area contributed by atoms with E-state index in [9.17, 15) is 0 Å². The van der Waals surface area contributed by atoms with E-state index in [-0.39, 0.29) is 18.8 Å². The van der Waals surface area contributed by atoms with Crippen molar-refractivity contribution in [2.24, 2.45) is 5.92 Å². The molecule has 0 aromatic carbocycles. The average Bonchev–Trinajstić information content (AvgIpc) is 2.55. The van der Waals surface area contributed by atoms with Gasteiger partial charge in [0.05, 0.1) is 13.2 Å². The molecule has 0 radical (unpaired) electrons. The lowest BCUT2D eigenvalue weighted by atomic mass is 9.77. The molecule has 1 atom stereocenters. The van der Waals surface area contributed by atoms with Gasteiger partial charge in [-0.05, 0) is 48.8 Å². The fraction of sp³-hybridized carbons (Fsp3) is 0.529. The van der Waals surface area contributed by atoms with Gasteiger partial charge in [0.25, 0.3) is 0 Å². The number of nitriles is 2. The van der Waals surface area contributed by atoms with Gasteiger partial charge in [-0.2, -0.15) is 10.5 Å². The minimum absolute atomic E-state index is 0.0536. The summed E-state index contributed by atoms with van der Waals surface area (Å²) in [5, 5.41) is 36.4. The summed E-state index contributed by atoms with van der Waals surface area (Å²) >= 11 is 0. The highest BCUT2D eigenvalue weighted by Gasteiger charge is 2.25. The van der Waals surface area contributed by atoms with Crippen LogP contribution >= 0.6 is 0 Å². The molecule has 22 heavy (non-hydrogen) atoms. The maximum absolute atomic E-state index is 9.16. The van der Waals surface area contributed by atoms with E-state index in [1.54, 1.807) is 0 Å². The Morgan fingerprint density at radius 3 is 2.32 bits per heavy atom. The monoisotopic (exact) mass is 299 g/mol. The third-order valence-electron chi connectivity index (χ3n) is 4.35. The first-order valence-corrected chi connectivity index (χ1v) is 7.65. The summed E-state index contributed by atoms with van der Waals surface area (Å²) in [6.07, 6.45) is 7.80. The van der Waals surface area contributed by atoms with Crippen LogP contribution in [0.25, 0.3) is 0 Å². The quantitative estimate of drug-likeness (QED) is 0.753. The largest absolute Gasteiger partial charge is 0.395 e. The molecule has 0 fully saturated rings. The van der Waals surface area contributed by atoms with Crippen molar-refractivity contribution in [2.45, 2.75) is 25.7 Å². The smallest absolute Gasteiger partial charge is 0.132 e. The topological polar surface area (TPSA) is 91.3 Å². The summed E-state index contributed by atoms with van der Waals surface area (Å²) in [5.41, 5.74) is 3.30. The molecule has 2 rings (SSSR count). The Bertz CT molecular complexity index is 568. The van der Waals surface area contributed by atoms with Crippen LogP contribution < -0.4 is 0 Å². The summed E-state index contributed by atoms with van der Waals surface area (Å²) in [6, 6.07) is 3.94. The van der Waals surface area contributed by atoms with Gasteiger partial charge < -0.3 is 15.1 Å². The van der Waals surface area contributed by atoms with E-state index < -0.39 is 0 Å². The second-order valence-electron chi connectivity index (χ2n) is 5.61. The van der Waals surface area contributed by atoms with Crippen LogP contribution in [0, 0.1) is 28.6 Å². The Hall–Kier alpha value is -2.08. The fourth-order valence-electron chi connectivity index (χ4n) is 3.20. The second-order valence-corrected chi connectivity index (χ2v) is 5.61. The number of rotatable bonds is 5. The van der Waals surface area contributed by atoms with Crippen LogP contribution in [0.1, 0.15) is 25.7 Å². The molecule has 5 nitrogen and oxygen atoms in total. The van der Waals surface area contributed by atoms with Gasteiger partial charge in [0.15, 0.2) is 0 Å². The van der Waals surface area contributed by atoms with E-state index in [0.29, 0.717) is 19.0 Å².